The van der Waals surface area contributed by atoms with E-state index in [0.717, 1.165) is 20.5 Å². The second kappa shape index (κ2) is 5.24. The van der Waals surface area contributed by atoms with Crippen molar-refractivity contribution in [2.45, 2.75) is 6.42 Å². The first kappa shape index (κ1) is 13.1. The molecule has 0 unspecified atom stereocenters. The second-order valence-corrected chi connectivity index (χ2v) is 5.80. The highest BCUT2D eigenvalue weighted by molar-refractivity contribution is 14.1. The maximum absolute atomic E-state index is 12.2. The van der Waals surface area contributed by atoms with Crippen LogP contribution >= 0.6 is 22.6 Å². The van der Waals surface area contributed by atoms with E-state index in [9.17, 15) is 9.59 Å². The van der Waals surface area contributed by atoms with Crippen molar-refractivity contribution in [3.05, 3.63) is 57.2 Å². The van der Waals surface area contributed by atoms with Crippen LogP contribution in [0.3, 0.4) is 0 Å². The highest BCUT2D eigenvalue weighted by Gasteiger charge is 2.19. The van der Waals surface area contributed by atoms with Gasteiger partial charge in [-0.3, -0.25) is 9.59 Å². The standard InChI is InChI=1S/C15H11IN2O2/c16-11-2-4-12(5-3-11)17-15(20)9-1-6-13-10(7-9)8-14(19)18-13/h1-7H,8H2,(H,17,20)(H,18,19). The Balaban J connectivity index is 1.79. The Morgan fingerprint density at radius 3 is 2.65 bits per heavy atom. The Morgan fingerprint density at radius 2 is 1.90 bits per heavy atom. The zero-order chi connectivity index (χ0) is 14.1. The number of amides is 2. The van der Waals surface area contributed by atoms with Crippen molar-refractivity contribution in [3.63, 3.8) is 0 Å². The van der Waals surface area contributed by atoms with Crippen LogP contribution in [0.4, 0.5) is 11.4 Å². The second-order valence-electron chi connectivity index (χ2n) is 4.56. The van der Waals surface area contributed by atoms with Crippen molar-refractivity contribution in [1.82, 2.24) is 0 Å². The molecule has 0 bridgehead atoms. The van der Waals surface area contributed by atoms with E-state index in [-0.39, 0.29) is 11.8 Å². The number of hydrogen-bond acceptors (Lipinski definition) is 2. The van der Waals surface area contributed by atoms with Gasteiger partial charge in [0.25, 0.3) is 5.91 Å². The molecule has 0 saturated carbocycles. The third kappa shape index (κ3) is 2.67. The molecule has 3 rings (SSSR count). The monoisotopic (exact) mass is 378 g/mol. The lowest BCUT2D eigenvalue weighted by Crippen LogP contribution is -2.12. The SMILES string of the molecule is O=C1Cc2cc(C(=O)Nc3ccc(I)cc3)ccc2N1. The van der Waals surface area contributed by atoms with Gasteiger partial charge in [-0.05, 0) is 70.6 Å². The predicted molar refractivity (Wildman–Crippen MR) is 85.9 cm³/mol. The van der Waals surface area contributed by atoms with Gasteiger partial charge in [0, 0.05) is 20.5 Å². The van der Waals surface area contributed by atoms with Crippen LogP contribution in [0.25, 0.3) is 0 Å². The molecule has 20 heavy (non-hydrogen) atoms. The van der Waals surface area contributed by atoms with Crippen molar-refractivity contribution in [2.24, 2.45) is 0 Å². The first-order valence-corrected chi connectivity index (χ1v) is 7.19. The van der Waals surface area contributed by atoms with Crippen LogP contribution in [0.2, 0.25) is 0 Å². The molecule has 2 aromatic rings. The van der Waals surface area contributed by atoms with Crippen molar-refractivity contribution < 1.29 is 9.59 Å². The van der Waals surface area contributed by atoms with Crippen LogP contribution in [0.5, 0.6) is 0 Å². The maximum atomic E-state index is 12.2. The minimum Gasteiger partial charge on any atom is -0.326 e. The minimum absolute atomic E-state index is 0.0322. The quantitative estimate of drug-likeness (QED) is 0.790. The maximum Gasteiger partial charge on any atom is 0.255 e. The number of nitrogens with one attached hydrogen (secondary N) is 2. The van der Waals surface area contributed by atoms with Gasteiger partial charge >= 0.3 is 0 Å². The zero-order valence-electron chi connectivity index (χ0n) is 10.4. The summed E-state index contributed by atoms with van der Waals surface area (Å²) in [4.78, 5) is 23.5. The number of benzene rings is 2. The Bertz CT molecular complexity index is 696. The van der Waals surface area contributed by atoms with Crippen molar-refractivity contribution in [2.75, 3.05) is 10.6 Å². The molecule has 2 aromatic carbocycles. The van der Waals surface area contributed by atoms with Gasteiger partial charge in [-0.2, -0.15) is 0 Å². The van der Waals surface area contributed by atoms with Gasteiger partial charge < -0.3 is 10.6 Å². The van der Waals surface area contributed by atoms with Crippen molar-refractivity contribution in [3.8, 4) is 0 Å². The van der Waals surface area contributed by atoms with E-state index in [2.05, 4.69) is 33.2 Å². The number of fused-ring (bicyclic) bond motifs is 1. The van der Waals surface area contributed by atoms with Crippen LogP contribution in [0.15, 0.2) is 42.5 Å². The molecule has 100 valence electrons. The van der Waals surface area contributed by atoms with Gasteiger partial charge in [0.1, 0.15) is 0 Å². The molecule has 1 aliphatic heterocycles. The molecule has 0 spiro atoms. The summed E-state index contributed by atoms with van der Waals surface area (Å²) in [6.07, 6.45) is 0.333. The number of anilines is 2. The molecule has 0 aliphatic carbocycles. The summed E-state index contributed by atoms with van der Waals surface area (Å²) in [5.41, 5.74) is 2.97. The summed E-state index contributed by atoms with van der Waals surface area (Å²) >= 11 is 2.21. The summed E-state index contributed by atoms with van der Waals surface area (Å²) in [5, 5.41) is 5.59. The summed E-state index contributed by atoms with van der Waals surface area (Å²) in [7, 11) is 0. The molecule has 0 saturated heterocycles. The average molecular weight is 378 g/mol. The van der Waals surface area contributed by atoms with Gasteiger partial charge in [-0.25, -0.2) is 0 Å². The van der Waals surface area contributed by atoms with Crippen LogP contribution in [0.1, 0.15) is 15.9 Å². The molecule has 4 nitrogen and oxygen atoms in total. The fourth-order valence-electron chi connectivity index (χ4n) is 2.11. The van der Waals surface area contributed by atoms with Crippen LogP contribution < -0.4 is 10.6 Å². The number of hydrogen-bond donors (Lipinski definition) is 2. The van der Waals surface area contributed by atoms with E-state index in [1.165, 1.54) is 0 Å². The van der Waals surface area contributed by atoms with Gasteiger partial charge in [0.2, 0.25) is 5.91 Å². The number of rotatable bonds is 2. The number of carbonyl (C=O) groups is 2. The van der Waals surface area contributed by atoms with E-state index < -0.39 is 0 Å². The van der Waals surface area contributed by atoms with Crippen LogP contribution in [0, 0.1) is 3.57 Å². The molecule has 2 amide bonds. The molecule has 0 radical (unpaired) electrons. The molecule has 0 atom stereocenters. The molecule has 1 heterocycles. The van der Waals surface area contributed by atoms with E-state index in [1.54, 1.807) is 18.2 Å². The lowest BCUT2D eigenvalue weighted by molar-refractivity contribution is -0.115. The molecule has 5 heteroatoms. The molecular weight excluding hydrogens is 367 g/mol. The summed E-state index contributed by atoms with van der Waals surface area (Å²) in [5.74, 6) is -0.205. The van der Waals surface area contributed by atoms with E-state index in [4.69, 9.17) is 0 Å². The Morgan fingerprint density at radius 1 is 1.15 bits per heavy atom. The van der Waals surface area contributed by atoms with Gasteiger partial charge in [0.05, 0.1) is 6.42 Å². The molecule has 2 N–H and O–H groups in total. The minimum atomic E-state index is -0.173. The Labute approximate surface area is 129 Å². The first-order valence-electron chi connectivity index (χ1n) is 6.11. The third-order valence-electron chi connectivity index (χ3n) is 3.09. The molecule has 0 fully saturated rings. The van der Waals surface area contributed by atoms with Gasteiger partial charge in [-0.15, -0.1) is 0 Å². The van der Waals surface area contributed by atoms with Crippen molar-refractivity contribution >= 4 is 45.8 Å². The third-order valence-corrected chi connectivity index (χ3v) is 3.81. The average Bonchev–Trinajstić information content (AvgIpc) is 2.80. The number of halogens is 1. The van der Waals surface area contributed by atoms with Crippen LogP contribution in [-0.2, 0) is 11.2 Å². The summed E-state index contributed by atoms with van der Waals surface area (Å²) in [6, 6.07) is 12.8. The molecule has 0 aromatic heterocycles. The fourth-order valence-corrected chi connectivity index (χ4v) is 2.47. The van der Waals surface area contributed by atoms with Gasteiger partial charge in [-0.1, -0.05) is 0 Å². The predicted octanol–water partition coefficient (Wildman–Crippen LogP) is 3.04. The van der Waals surface area contributed by atoms with E-state index >= 15 is 0 Å². The van der Waals surface area contributed by atoms with E-state index in [0.29, 0.717) is 12.0 Å². The molecule has 1 aliphatic rings. The topological polar surface area (TPSA) is 58.2 Å². The highest BCUT2D eigenvalue weighted by atomic mass is 127. The molecular formula is C15H11IN2O2. The lowest BCUT2D eigenvalue weighted by Gasteiger charge is -2.06. The first-order chi connectivity index (χ1) is 9.61. The van der Waals surface area contributed by atoms with Gasteiger partial charge in [0.15, 0.2) is 0 Å². The smallest absolute Gasteiger partial charge is 0.255 e. The fraction of sp³-hybridized carbons (Fsp3) is 0.0667. The van der Waals surface area contributed by atoms with E-state index in [1.807, 2.05) is 24.3 Å². The Kier molecular flexibility index (Phi) is 3.43. The summed E-state index contributed by atoms with van der Waals surface area (Å²) in [6.45, 7) is 0. The normalized spacial score (nSPS) is 12.8. The Hall–Kier alpha value is -1.89. The lowest BCUT2D eigenvalue weighted by atomic mass is 10.1. The number of carbonyl (C=O) groups excluding carboxylic acids is 2. The summed E-state index contributed by atoms with van der Waals surface area (Å²) < 4.78 is 1.11. The highest BCUT2D eigenvalue weighted by Crippen LogP contribution is 2.24. The largest absolute Gasteiger partial charge is 0.326 e. The van der Waals surface area contributed by atoms with Crippen LogP contribution in [-0.4, -0.2) is 11.8 Å². The van der Waals surface area contributed by atoms with Crippen molar-refractivity contribution in [1.29, 1.82) is 0 Å². The zero-order valence-corrected chi connectivity index (χ0v) is 12.6.